The molecule has 11 heavy (non-hydrogen) atoms. The zero-order valence-corrected chi connectivity index (χ0v) is 6.86. The van der Waals surface area contributed by atoms with Crippen molar-refractivity contribution in [1.82, 2.24) is 0 Å². The average Bonchev–Trinajstić information content (AvgIpc) is 1.93. The molecule has 0 fully saturated rings. The lowest BCUT2D eigenvalue weighted by molar-refractivity contribution is 1.26. The average molecular weight is 160 g/mol. The first-order chi connectivity index (χ1) is 4.63. The van der Waals surface area contributed by atoms with Crippen LogP contribution in [0.2, 0.25) is 0 Å². The molecule has 0 bridgehead atoms. The zero-order valence-electron chi connectivity index (χ0n) is 6.86. The van der Waals surface area contributed by atoms with E-state index in [0.717, 1.165) is 0 Å². The SMILES string of the molecule is [CH2]c1c(C)ccc(C)c1C.[MgH2]. The summed E-state index contributed by atoms with van der Waals surface area (Å²) in [7, 11) is 0. The Balaban J connectivity index is 0.000001000. The zero-order chi connectivity index (χ0) is 7.72. The predicted molar refractivity (Wildman–Crippen MR) is 53.7 cm³/mol. The van der Waals surface area contributed by atoms with Crippen molar-refractivity contribution in [2.24, 2.45) is 0 Å². The van der Waals surface area contributed by atoms with E-state index < -0.39 is 0 Å². The molecule has 0 aliphatic rings. The summed E-state index contributed by atoms with van der Waals surface area (Å²) in [6.45, 7) is 10.3. The van der Waals surface area contributed by atoms with Crippen molar-refractivity contribution in [3.8, 4) is 0 Å². The Hall–Kier alpha value is -0.0138. The van der Waals surface area contributed by atoms with Gasteiger partial charge in [0.05, 0.1) is 0 Å². The molecule has 0 atom stereocenters. The van der Waals surface area contributed by atoms with Crippen molar-refractivity contribution in [3.63, 3.8) is 0 Å². The van der Waals surface area contributed by atoms with E-state index in [1.807, 2.05) is 0 Å². The van der Waals surface area contributed by atoms with Crippen LogP contribution in [0.3, 0.4) is 0 Å². The summed E-state index contributed by atoms with van der Waals surface area (Å²) in [6, 6.07) is 4.25. The molecule has 0 unspecified atom stereocenters. The normalized spacial score (nSPS) is 9.09. The molecule has 1 aromatic rings. The highest BCUT2D eigenvalue weighted by atomic mass is 24.3. The van der Waals surface area contributed by atoms with Crippen LogP contribution < -0.4 is 0 Å². The third-order valence-electron chi connectivity index (χ3n) is 2.10. The van der Waals surface area contributed by atoms with Gasteiger partial charge in [-0.05, 0) is 49.9 Å². The van der Waals surface area contributed by atoms with Crippen LogP contribution in [0.4, 0.5) is 0 Å². The molecular weight excluding hydrogens is 144 g/mol. The van der Waals surface area contributed by atoms with Gasteiger partial charge in [-0.15, -0.1) is 0 Å². The highest BCUT2D eigenvalue weighted by Gasteiger charge is 1.97. The lowest BCUT2D eigenvalue weighted by atomic mass is 10.0. The Morgan fingerprint density at radius 2 is 1.45 bits per heavy atom. The van der Waals surface area contributed by atoms with Crippen LogP contribution in [-0.4, -0.2) is 23.1 Å². The molecule has 1 rings (SSSR count). The Morgan fingerprint density at radius 3 is 1.91 bits per heavy atom. The van der Waals surface area contributed by atoms with Gasteiger partial charge in [0.25, 0.3) is 0 Å². The number of rotatable bonds is 0. The minimum Gasteiger partial charge on any atom is -0.0588 e. The van der Waals surface area contributed by atoms with E-state index in [2.05, 4.69) is 39.8 Å². The van der Waals surface area contributed by atoms with Crippen LogP contribution in [0.1, 0.15) is 22.3 Å². The van der Waals surface area contributed by atoms with E-state index in [-0.39, 0.29) is 23.1 Å². The van der Waals surface area contributed by atoms with Crippen molar-refractivity contribution in [2.45, 2.75) is 20.8 Å². The number of hydrogen-bond donors (Lipinski definition) is 0. The molecule has 0 spiro atoms. The van der Waals surface area contributed by atoms with Crippen molar-refractivity contribution >= 4 is 23.1 Å². The quantitative estimate of drug-likeness (QED) is 0.507. The molecule has 1 radical (unpaired) electrons. The summed E-state index contributed by atoms with van der Waals surface area (Å²) in [5.41, 5.74) is 5.11. The molecule has 0 aromatic heterocycles. The van der Waals surface area contributed by atoms with E-state index in [4.69, 9.17) is 0 Å². The maximum absolute atomic E-state index is 3.98. The fourth-order valence-electron chi connectivity index (χ4n) is 1.01. The fraction of sp³-hybridized carbons (Fsp3) is 0.300. The minimum absolute atomic E-state index is 0. The highest BCUT2D eigenvalue weighted by molar-refractivity contribution is 5.75. The maximum atomic E-state index is 3.98. The molecule has 0 nitrogen and oxygen atoms in total. The molecule has 57 valence electrons. The van der Waals surface area contributed by atoms with Crippen molar-refractivity contribution in [1.29, 1.82) is 0 Å². The summed E-state index contributed by atoms with van der Waals surface area (Å²) in [6.07, 6.45) is 0. The summed E-state index contributed by atoms with van der Waals surface area (Å²) in [5, 5.41) is 0. The summed E-state index contributed by atoms with van der Waals surface area (Å²) in [5.74, 6) is 0. The first-order valence-electron chi connectivity index (χ1n) is 3.51. The first kappa shape index (κ1) is 11.0. The van der Waals surface area contributed by atoms with E-state index >= 15 is 0 Å². The first-order valence-corrected chi connectivity index (χ1v) is 3.51. The topological polar surface area (TPSA) is 0 Å². The molecule has 0 saturated carbocycles. The van der Waals surface area contributed by atoms with Crippen LogP contribution >= 0.6 is 0 Å². The summed E-state index contributed by atoms with van der Waals surface area (Å²) >= 11 is 0. The molecule has 0 aliphatic heterocycles. The minimum atomic E-state index is 0. The Kier molecular flexibility index (Phi) is 4.12. The predicted octanol–water partition coefficient (Wildman–Crippen LogP) is 1.88. The molecular formula is C10H15Mg. The van der Waals surface area contributed by atoms with Crippen LogP contribution in [0, 0.1) is 27.7 Å². The Labute approximate surface area is 85.2 Å². The van der Waals surface area contributed by atoms with E-state index in [9.17, 15) is 0 Å². The van der Waals surface area contributed by atoms with Gasteiger partial charge in [-0.3, -0.25) is 0 Å². The second-order valence-electron chi connectivity index (χ2n) is 2.80. The number of benzene rings is 1. The molecule has 0 saturated heterocycles. The van der Waals surface area contributed by atoms with E-state index in [1.54, 1.807) is 0 Å². The standard InChI is InChI=1S/C10H13.Mg.2H/c1-7-5-6-8(2)10(4)9(7)3;;;/h5-6H,3H2,1-2,4H3;;;. The summed E-state index contributed by atoms with van der Waals surface area (Å²) in [4.78, 5) is 0. The lowest BCUT2D eigenvalue weighted by Crippen LogP contribution is -1.88. The maximum Gasteiger partial charge on any atom is 0.316 e. The molecule has 0 heterocycles. The second-order valence-corrected chi connectivity index (χ2v) is 2.80. The molecule has 0 aliphatic carbocycles. The van der Waals surface area contributed by atoms with Gasteiger partial charge in [-0.1, -0.05) is 12.1 Å². The molecule has 0 amide bonds. The van der Waals surface area contributed by atoms with Crippen molar-refractivity contribution < 1.29 is 0 Å². The van der Waals surface area contributed by atoms with Crippen LogP contribution in [0.5, 0.6) is 0 Å². The van der Waals surface area contributed by atoms with Gasteiger partial charge in [-0.25, -0.2) is 0 Å². The monoisotopic (exact) mass is 159 g/mol. The van der Waals surface area contributed by atoms with Gasteiger partial charge >= 0.3 is 23.1 Å². The Bertz CT molecular complexity index is 224. The number of hydrogen-bond acceptors (Lipinski definition) is 0. The van der Waals surface area contributed by atoms with E-state index in [0.29, 0.717) is 0 Å². The number of aryl methyl sites for hydroxylation is 2. The van der Waals surface area contributed by atoms with Crippen LogP contribution in [0.25, 0.3) is 0 Å². The van der Waals surface area contributed by atoms with E-state index in [1.165, 1.54) is 22.3 Å². The van der Waals surface area contributed by atoms with Gasteiger partial charge < -0.3 is 0 Å². The fourth-order valence-corrected chi connectivity index (χ4v) is 1.01. The van der Waals surface area contributed by atoms with Gasteiger partial charge in [0, 0.05) is 0 Å². The smallest absolute Gasteiger partial charge is 0.0588 e. The molecule has 1 aromatic carbocycles. The third-order valence-corrected chi connectivity index (χ3v) is 2.10. The van der Waals surface area contributed by atoms with Crippen molar-refractivity contribution in [2.75, 3.05) is 0 Å². The van der Waals surface area contributed by atoms with Gasteiger partial charge in [0.15, 0.2) is 0 Å². The van der Waals surface area contributed by atoms with Crippen molar-refractivity contribution in [3.05, 3.63) is 41.3 Å². The Morgan fingerprint density at radius 1 is 1.00 bits per heavy atom. The van der Waals surface area contributed by atoms with Gasteiger partial charge in [0.1, 0.15) is 0 Å². The highest BCUT2D eigenvalue weighted by Crippen LogP contribution is 2.15. The van der Waals surface area contributed by atoms with Gasteiger partial charge in [0.2, 0.25) is 0 Å². The van der Waals surface area contributed by atoms with Gasteiger partial charge in [-0.2, -0.15) is 0 Å². The largest absolute Gasteiger partial charge is 0.316 e. The second kappa shape index (κ2) is 4.12. The third kappa shape index (κ3) is 2.21. The van der Waals surface area contributed by atoms with Crippen LogP contribution in [-0.2, 0) is 0 Å². The van der Waals surface area contributed by atoms with Crippen LogP contribution in [0.15, 0.2) is 12.1 Å². The lowest BCUT2D eigenvalue weighted by Gasteiger charge is -2.06. The summed E-state index contributed by atoms with van der Waals surface area (Å²) < 4.78 is 0. The molecule has 1 heteroatoms. The molecule has 0 N–H and O–H groups in total.